The number of halogens is 1. The molecule has 4 nitrogen and oxygen atoms in total. The molecule has 0 saturated heterocycles. The molecule has 1 N–H and O–H groups in total. The quantitative estimate of drug-likeness (QED) is 0.832. The number of carbonyl (C=O) groups excluding carboxylic acids is 1. The maximum absolute atomic E-state index is 12.4. The molecule has 116 valence electrons. The second kappa shape index (κ2) is 6.75. The first kappa shape index (κ1) is 15.4. The molecule has 0 radical (unpaired) electrons. The zero-order chi connectivity index (χ0) is 15.5. The van der Waals surface area contributed by atoms with Gasteiger partial charge < -0.3 is 9.88 Å². The van der Waals surface area contributed by atoms with Crippen molar-refractivity contribution in [2.75, 3.05) is 12.3 Å². The maximum atomic E-state index is 12.4. The standard InChI is InChI=1S/C16H18ClN3OS/c1-2-20(12-5-3-4-6-12)15(21)10-22-16-18-13-8-7-11(17)9-14(13)19-16/h5,7-9H,2-4,6,10H2,1H3,(H,18,19). The molecule has 22 heavy (non-hydrogen) atoms. The third kappa shape index (κ3) is 3.31. The van der Waals surface area contributed by atoms with Crippen molar-refractivity contribution < 1.29 is 4.79 Å². The van der Waals surface area contributed by atoms with Gasteiger partial charge in [-0.15, -0.1) is 0 Å². The highest BCUT2D eigenvalue weighted by molar-refractivity contribution is 7.99. The van der Waals surface area contributed by atoms with Gasteiger partial charge in [0.25, 0.3) is 0 Å². The second-order valence-corrected chi connectivity index (χ2v) is 6.62. The molecule has 1 aromatic carbocycles. The minimum atomic E-state index is 0.138. The first-order valence-electron chi connectivity index (χ1n) is 7.45. The Hall–Kier alpha value is -1.46. The number of rotatable bonds is 5. The third-order valence-corrected chi connectivity index (χ3v) is 4.83. The molecule has 3 rings (SSSR count). The molecule has 0 aliphatic heterocycles. The highest BCUT2D eigenvalue weighted by Gasteiger charge is 2.19. The summed E-state index contributed by atoms with van der Waals surface area (Å²) in [4.78, 5) is 22.0. The number of nitrogens with zero attached hydrogens (tertiary/aromatic N) is 2. The van der Waals surface area contributed by atoms with Gasteiger partial charge in [-0.05, 0) is 44.4 Å². The molecule has 0 unspecified atom stereocenters. The fourth-order valence-electron chi connectivity index (χ4n) is 2.67. The van der Waals surface area contributed by atoms with Gasteiger partial charge in [0.1, 0.15) is 0 Å². The summed E-state index contributed by atoms with van der Waals surface area (Å²) in [5, 5.41) is 1.43. The summed E-state index contributed by atoms with van der Waals surface area (Å²) >= 11 is 7.40. The molecule has 1 amide bonds. The molecule has 0 bridgehead atoms. The van der Waals surface area contributed by atoms with Crippen LogP contribution < -0.4 is 0 Å². The minimum Gasteiger partial charge on any atom is -0.333 e. The van der Waals surface area contributed by atoms with Crippen molar-refractivity contribution in [3.8, 4) is 0 Å². The Balaban J connectivity index is 1.66. The van der Waals surface area contributed by atoms with Gasteiger partial charge >= 0.3 is 0 Å². The fraction of sp³-hybridized carbons (Fsp3) is 0.375. The maximum Gasteiger partial charge on any atom is 0.237 e. The summed E-state index contributed by atoms with van der Waals surface area (Å²) in [6.45, 7) is 2.74. The lowest BCUT2D eigenvalue weighted by Gasteiger charge is -2.21. The van der Waals surface area contributed by atoms with E-state index in [2.05, 4.69) is 16.0 Å². The number of hydrogen-bond acceptors (Lipinski definition) is 3. The number of fused-ring (bicyclic) bond motifs is 1. The third-order valence-electron chi connectivity index (χ3n) is 3.74. The Kier molecular flexibility index (Phi) is 4.74. The summed E-state index contributed by atoms with van der Waals surface area (Å²) in [5.74, 6) is 0.526. The zero-order valence-corrected chi connectivity index (χ0v) is 14.0. The molecule has 0 fully saturated rings. The van der Waals surface area contributed by atoms with E-state index >= 15 is 0 Å². The van der Waals surface area contributed by atoms with Gasteiger partial charge in [0, 0.05) is 17.3 Å². The molecular weight excluding hydrogens is 318 g/mol. The van der Waals surface area contributed by atoms with Crippen LogP contribution >= 0.6 is 23.4 Å². The van der Waals surface area contributed by atoms with Crippen molar-refractivity contribution in [2.45, 2.75) is 31.3 Å². The fourth-order valence-corrected chi connectivity index (χ4v) is 3.61. The van der Waals surface area contributed by atoms with Gasteiger partial charge in [-0.25, -0.2) is 4.98 Å². The number of imidazole rings is 1. The van der Waals surface area contributed by atoms with Crippen LogP contribution in [-0.4, -0.2) is 33.1 Å². The summed E-state index contributed by atoms with van der Waals surface area (Å²) in [6.07, 6.45) is 5.41. The number of allylic oxidation sites excluding steroid dienone is 2. The molecule has 0 atom stereocenters. The van der Waals surface area contributed by atoms with Gasteiger partial charge in [-0.1, -0.05) is 29.4 Å². The second-order valence-electron chi connectivity index (χ2n) is 5.22. The van der Waals surface area contributed by atoms with Gasteiger partial charge in [0.15, 0.2) is 5.16 Å². The van der Waals surface area contributed by atoms with Crippen LogP contribution in [0.4, 0.5) is 0 Å². The first-order valence-corrected chi connectivity index (χ1v) is 8.81. The molecule has 0 spiro atoms. The Labute approximate surface area is 138 Å². The van der Waals surface area contributed by atoms with E-state index in [1.165, 1.54) is 17.5 Å². The molecule has 6 heteroatoms. The van der Waals surface area contributed by atoms with Crippen LogP contribution in [0.5, 0.6) is 0 Å². The van der Waals surface area contributed by atoms with Crippen LogP contribution in [0.3, 0.4) is 0 Å². The monoisotopic (exact) mass is 335 g/mol. The van der Waals surface area contributed by atoms with E-state index in [0.717, 1.165) is 42.0 Å². The Morgan fingerprint density at radius 2 is 2.36 bits per heavy atom. The van der Waals surface area contributed by atoms with Crippen LogP contribution in [0.25, 0.3) is 11.0 Å². The van der Waals surface area contributed by atoms with Crippen molar-refractivity contribution in [1.82, 2.24) is 14.9 Å². The average molecular weight is 336 g/mol. The average Bonchev–Trinajstić information content (AvgIpc) is 3.14. The number of hydrogen-bond donors (Lipinski definition) is 1. The number of H-pyrrole nitrogens is 1. The normalized spacial score (nSPS) is 14.4. The van der Waals surface area contributed by atoms with E-state index in [-0.39, 0.29) is 5.91 Å². The Morgan fingerprint density at radius 3 is 3.09 bits per heavy atom. The van der Waals surface area contributed by atoms with E-state index in [0.29, 0.717) is 10.8 Å². The zero-order valence-electron chi connectivity index (χ0n) is 12.4. The summed E-state index contributed by atoms with van der Waals surface area (Å²) in [6, 6.07) is 5.54. The van der Waals surface area contributed by atoms with Crippen LogP contribution in [-0.2, 0) is 4.79 Å². The number of amides is 1. The summed E-state index contributed by atoms with van der Waals surface area (Å²) < 4.78 is 0. The predicted molar refractivity (Wildman–Crippen MR) is 91.1 cm³/mol. The number of aromatic amines is 1. The van der Waals surface area contributed by atoms with Crippen LogP contribution in [0.15, 0.2) is 35.1 Å². The molecule has 0 saturated carbocycles. The van der Waals surface area contributed by atoms with E-state index in [9.17, 15) is 4.79 Å². The van der Waals surface area contributed by atoms with Gasteiger partial charge in [0.05, 0.1) is 16.8 Å². The number of carbonyl (C=O) groups is 1. The van der Waals surface area contributed by atoms with Crippen LogP contribution in [0, 0.1) is 0 Å². The highest BCUT2D eigenvalue weighted by atomic mass is 35.5. The largest absolute Gasteiger partial charge is 0.333 e. The lowest BCUT2D eigenvalue weighted by molar-refractivity contribution is -0.126. The van der Waals surface area contributed by atoms with Crippen LogP contribution in [0.1, 0.15) is 26.2 Å². The van der Waals surface area contributed by atoms with Gasteiger partial charge in [-0.2, -0.15) is 0 Å². The van der Waals surface area contributed by atoms with Crippen molar-refractivity contribution in [2.24, 2.45) is 0 Å². The van der Waals surface area contributed by atoms with Crippen LogP contribution in [0.2, 0.25) is 5.02 Å². The SMILES string of the molecule is CCN(C(=O)CSc1nc2ccc(Cl)cc2[nH]1)C1=CCCC1. The smallest absolute Gasteiger partial charge is 0.237 e. The van der Waals surface area contributed by atoms with E-state index in [4.69, 9.17) is 11.6 Å². The molecule has 1 aliphatic carbocycles. The summed E-state index contributed by atoms with van der Waals surface area (Å²) in [7, 11) is 0. The van der Waals surface area contributed by atoms with Gasteiger partial charge in [-0.3, -0.25) is 4.79 Å². The Bertz CT molecular complexity index is 725. The van der Waals surface area contributed by atoms with Crippen molar-refractivity contribution in [3.05, 3.63) is 35.0 Å². The van der Waals surface area contributed by atoms with Crippen molar-refractivity contribution in [1.29, 1.82) is 0 Å². The molecule has 2 aromatic rings. The number of benzene rings is 1. The van der Waals surface area contributed by atoms with E-state index in [1.54, 1.807) is 0 Å². The lowest BCUT2D eigenvalue weighted by Crippen LogP contribution is -2.31. The van der Waals surface area contributed by atoms with E-state index in [1.807, 2.05) is 30.0 Å². The predicted octanol–water partition coefficient (Wildman–Crippen LogP) is 4.22. The topological polar surface area (TPSA) is 49.0 Å². The highest BCUT2D eigenvalue weighted by Crippen LogP contribution is 2.25. The lowest BCUT2D eigenvalue weighted by atomic mass is 10.3. The van der Waals surface area contributed by atoms with Crippen molar-refractivity contribution in [3.63, 3.8) is 0 Å². The summed E-state index contributed by atoms with van der Waals surface area (Å²) in [5.41, 5.74) is 2.93. The number of nitrogens with one attached hydrogen (secondary N) is 1. The van der Waals surface area contributed by atoms with Crippen molar-refractivity contribution >= 4 is 40.3 Å². The molecule has 1 aromatic heterocycles. The number of thioether (sulfide) groups is 1. The first-order chi connectivity index (χ1) is 10.7. The minimum absolute atomic E-state index is 0.138. The Morgan fingerprint density at radius 1 is 1.50 bits per heavy atom. The molecule has 1 heterocycles. The molecular formula is C16H18ClN3OS. The van der Waals surface area contributed by atoms with E-state index < -0.39 is 0 Å². The van der Waals surface area contributed by atoms with Gasteiger partial charge in [0.2, 0.25) is 5.91 Å². The molecule has 1 aliphatic rings. The number of aromatic nitrogens is 2.